The van der Waals surface area contributed by atoms with Gasteiger partial charge in [0.05, 0.1) is 11.4 Å². The second-order valence-corrected chi connectivity index (χ2v) is 2.15. The van der Waals surface area contributed by atoms with Crippen LogP contribution in [0.15, 0.2) is 6.07 Å². The van der Waals surface area contributed by atoms with Crippen LogP contribution in [0.2, 0.25) is 0 Å². The second-order valence-electron chi connectivity index (χ2n) is 2.15. The van der Waals surface area contributed by atoms with E-state index in [1.807, 2.05) is 0 Å². The van der Waals surface area contributed by atoms with Crippen LogP contribution in [-0.4, -0.2) is 21.9 Å². The molecule has 0 radical (unpaired) electrons. The summed E-state index contributed by atoms with van der Waals surface area (Å²) in [5.41, 5.74) is 11.8. The SMILES string of the molecule is Nc1cc(CCO)nnc1N. The van der Waals surface area contributed by atoms with E-state index in [4.69, 9.17) is 16.6 Å². The van der Waals surface area contributed by atoms with Crippen LogP contribution < -0.4 is 11.5 Å². The minimum absolute atomic E-state index is 0.0397. The topological polar surface area (TPSA) is 98.0 Å². The van der Waals surface area contributed by atoms with E-state index >= 15 is 0 Å². The number of nitrogens with zero attached hydrogens (tertiary/aromatic N) is 2. The molecule has 0 aliphatic rings. The number of anilines is 2. The molecule has 11 heavy (non-hydrogen) atoms. The zero-order chi connectivity index (χ0) is 8.27. The lowest BCUT2D eigenvalue weighted by atomic mass is 10.3. The van der Waals surface area contributed by atoms with Gasteiger partial charge in [0.25, 0.3) is 0 Å². The number of hydrogen-bond acceptors (Lipinski definition) is 5. The van der Waals surface area contributed by atoms with E-state index in [1.54, 1.807) is 6.07 Å². The maximum atomic E-state index is 8.54. The summed E-state index contributed by atoms with van der Waals surface area (Å²) >= 11 is 0. The number of rotatable bonds is 2. The predicted octanol–water partition coefficient (Wildman–Crippen LogP) is -0.824. The third-order valence-corrected chi connectivity index (χ3v) is 1.27. The van der Waals surface area contributed by atoms with Crippen molar-refractivity contribution in [3.63, 3.8) is 0 Å². The van der Waals surface area contributed by atoms with Crippen LogP contribution in [-0.2, 0) is 6.42 Å². The van der Waals surface area contributed by atoms with Crippen molar-refractivity contribution in [3.05, 3.63) is 11.8 Å². The Labute approximate surface area is 64.0 Å². The fraction of sp³-hybridized carbons (Fsp3) is 0.333. The number of aliphatic hydroxyl groups excluding tert-OH is 1. The Bertz CT molecular complexity index is 250. The second kappa shape index (κ2) is 3.16. The molecule has 0 spiro atoms. The van der Waals surface area contributed by atoms with Crippen molar-refractivity contribution in [2.24, 2.45) is 0 Å². The fourth-order valence-corrected chi connectivity index (χ4v) is 0.695. The van der Waals surface area contributed by atoms with Crippen molar-refractivity contribution >= 4 is 11.5 Å². The molecule has 0 amide bonds. The number of aromatic nitrogens is 2. The van der Waals surface area contributed by atoms with Crippen molar-refractivity contribution in [1.82, 2.24) is 10.2 Å². The summed E-state index contributed by atoms with van der Waals surface area (Å²) in [6.07, 6.45) is 0.456. The highest BCUT2D eigenvalue weighted by molar-refractivity contribution is 5.57. The molecule has 1 rings (SSSR count). The van der Waals surface area contributed by atoms with Gasteiger partial charge in [0.1, 0.15) is 0 Å². The molecule has 0 atom stereocenters. The van der Waals surface area contributed by atoms with Crippen molar-refractivity contribution in [2.75, 3.05) is 18.1 Å². The minimum Gasteiger partial charge on any atom is -0.396 e. The summed E-state index contributed by atoms with van der Waals surface area (Å²) in [5.74, 6) is 0.228. The highest BCUT2D eigenvalue weighted by Crippen LogP contribution is 2.09. The number of nitrogens with two attached hydrogens (primary N) is 2. The molecule has 5 N–H and O–H groups in total. The molecule has 0 saturated heterocycles. The van der Waals surface area contributed by atoms with E-state index in [1.165, 1.54) is 0 Å². The van der Waals surface area contributed by atoms with Crippen LogP contribution in [0.25, 0.3) is 0 Å². The quantitative estimate of drug-likeness (QED) is 0.516. The third kappa shape index (κ3) is 1.78. The smallest absolute Gasteiger partial charge is 0.169 e. The lowest BCUT2D eigenvalue weighted by molar-refractivity contribution is 0.298. The van der Waals surface area contributed by atoms with Crippen molar-refractivity contribution in [3.8, 4) is 0 Å². The zero-order valence-corrected chi connectivity index (χ0v) is 5.99. The zero-order valence-electron chi connectivity index (χ0n) is 5.99. The lowest BCUT2D eigenvalue weighted by Gasteiger charge is -1.99. The standard InChI is InChI=1S/C6H10N4O/c7-5-3-4(1-2-11)9-10-6(5)8/h3,11H,1-2H2,(H2,7,9)(H2,8,10). The molecule has 1 heterocycles. The van der Waals surface area contributed by atoms with E-state index in [-0.39, 0.29) is 12.4 Å². The molecule has 0 aliphatic carbocycles. The van der Waals surface area contributed by atoms with Gasteiger partial charge in [-0.2, -0.15) is 5.10 Å². The van der Waals surface area contributed by atoms with Gasteiger partial charge in [-0.1, -0.05) is 0 Å². The predicted molar refractivity (Wildman–Crippen MR) is 41.6 cm³/mol. The Kier molecular flexibility index (Phi) is 2.22. The van der Waals surface area contributed by atoms with Crippen LogP contribution in [0.5, 0.6) is 0 Å². The summed E-state index contributed by atoms with van der Waals surface area (Å²) in [6, 6.07) is 1.61. The third-order valence-electron chi connectivity index (χ3n) is 1.27. The van der Waals surface area contributed by atoms with Crippen LogP contribution in [0.4, 0.5) is 11.5 Å². The van der Waals surface area contributed by atoms with Crippen molar-refractivity contribution in [2.45, 2.75) is 6.42 Å². The Morgan fingerprint density at radius 1 is 1.36 bits per heavy atom. The fourth-order valence-electron chi connectivity index (χ4n) is 0.695. The summed E-state index contributed by atoms with van der Waals surface area (Å²) in [6.45, 7) is 0.0397. The van der Waals surface area contributed by atoms with Crippen LogP contribution in [0.3, 0.4) is 0 Å². The summed E-state index contributed by atoms with van der Waals surface area (Å²) in [5, 5.41) is 15.8. The highest BCUT2D eigenvalue weighted by Gasteiger charge is 1.98. The maximum absolute atomic E-state index is 8.54. The van der Waals surface area contributed by atoms with E-state index < -0.39 is 0 Å². The first-order valence-corrected chi connectivity index (χ1v) is 3.22. The average molecular weight is 154 g/mol. The van der Waals surface area contributed by atoms with Gasteiger partial charge in [-0.3, -0.25) is 0 Å². The summed E-state index contributed by atoms with van der Waals surface area (Å²) < 4.78 is 0. The Morgan fingerprint density at radius 2 is 2.09 bits per heavy atom. The van der Waals surface area contributed by atoms with Gasteiger partial charge in [-0.05, 0) is 6.07 Å². The van der Waals surface area contributed by atoms with E-state index in [0.29, 0.717) is 17.8 Å². The molecule has 1 aromatic heterocycles. The maximum Gasteiger partial charge on any atom is 0.169 e. The van der Waals surface area contributed by atoms with Gasteiger partial charge in [0, 0.05) is 13.0 Å². The van der Waals surface area contributed by atoms with Crippen molar-refractivity contribution in [1.29, 1.82) is 0 Å². The first-order chi connectivity index (χ1) is 5.24. The minimum atomic E-state index is 0.0397. The molecule has 0 unspecified atom stereocenters. The molecular formula is C6H10N4O. The van der Waals surface area contributed by atoms with Gasteiger partial charge >= 0.3 is 0 Å². The molecular weight excluding hydrogens is 144 g/mol. The molecule has 60 valence electrons. The van der Waals surface area contributed by atoms with Crippen LogP contribution in [0.1, 0.15) is 5.69 Å². The Hall–Kier alpha value is -1.36. The largest absolute Gasteiger partial charge is 0.396 e. The van der Waals surface area contributed by atoms with Gasteiger partial charge < -0.3 is 16.6 Å². The Balaban J connectivity index is 2.86. The summed E-state index contributed by atoms with van der Waals surface area (Å²) in [7, 11) is 0. The molecule has 0 aromatic carbocycles. The monoisotopic (exact) mass is 154 g/mol. The molecule has 0 bridgehead atoms. The van der Waals surface area contributed by atoms with E-state index in [0.717, 1.165) is 0 Å². The lowest BCUT2D eigenvalue weighted by Crippen LogP contribution is -2.03. The molecule has 0 aliphatic heterocycles. The van der Waals surface area contributed by atoms with Crippen LogP contribution >= 0.6 is 0 Å². The molecule has 5 nitrogen and oxygen atoms in total. The molecule has 0 saturated carbocycles. The van der Waals surface area contributed by atoms with E-state index in [9.17, 15) is 0 Å². The van der Waals surface area contributed by atoms with Gasteiger partial charge in [0.2, 0.25) is 0 Å². The molecule has 5 heteroatoms. The molecule has 0 fully saturated rings. The van der Waals surface area contributed by atoms with Gasteiger partial charge in [0.15, 0.2) is 5.82 Å². The van der Waals surface area contributed by atoms with E-state index in [2.05, 4.69) is 10.2 Å². The number of aliphatic hydroxyl groups is 1. The molecule has 1 aromatic rings. The Morgan fingerprint density at radius 3 is 2.64 bits per heavy atom. The van der Waals surface area contributed by atoms with Gasteiger partial charge in [-0.15, -0.1) is 5.10 Å². The first kappa shape index (κ1) is 7.74. The first-order valence-electron chi connectivity index (χ1n) is 3.22. The summed E-state index contributed by atoms with van der Waals surface area (Å²) in [4.78, 5) is 0. The van der Waals surface area contributed by atoms with Gasteiger partial charge in [-0.25, -0.2) is 0 Å². The normalized spacial score (nSPS) is 9.91. The van der Waals surface area contributed by atoms with Crippen molar-refractivity contribution < 1.29 is 5.11 Å². The number of hydrogen-bond donors (Lipinski definition) is 3. The average Bonchev–Trinajstić information content (AvgIpc) is 1.98. The van der Waals surface area contributed by atoms with Crippen LogP contribution in [0, 0.1) is 0 Å². The number of nitrogen functional groups attached to an aromatic ring is 2. The highest BCUT2D eigenvalue weighted by atomic mass is 16.3.